The van der Waals surface area contributed by atoms with E-state index in [1.165, 1.54) is 0 Å². The van der Waals surface area contributed by atoms with E-state index in [1.54, 1.807) is 0 Å². The maximum atomic E-state index is 14.1. The summed E-state index contributed by atoms with van der Waals surface area (Å²) in [6.07, 6.45) is 1.58. The molecule has 0 atom stereocenters. The van der Waals surface area contributed by atoms with Gasteiger partial charge in [-0.15, -0.1) is 0 Å². The Hall–Kier alpha value is -2.14. The minimum atomic E-state index is -4.04. The van der Waals surface area contributed by atoms with Crippen LogP contribution in [0, 0.1) is 17.7 Å². The zero-order valence-electron chi connectivity index (χ0n) is 11.7. The van der Waals surface area contributed by atoms with Gasteiger partial charge >= 0.3 is 0 Å². The van der Waals surface area contributed by atoms with Crippen molar-refractivity contribution in [2.24, 2.45) is 0 Å². The van der Waals surface area contributed by atoms with Crippen molar-refractivity contribution in [3.05, 3.63) is 23.8 Å². The summed E-state index contributed by atoms with van der Waals surface area (Å²) in [5.41, 5.74) is -0.291. The molecule has 0 saturated carbocycles. The Labute approximate surface area is 129 Å². The molecule has 2 heterocycles. The Morgan fingerprint density at radius 1 is 1.04 bits per heavy atom. The number of sulfone groups is 2. The third-order valence-corrected chi connectivity index (χ3v) is 4.90. The summed E-state index contributed by atoms with van der Waals surface area (Å²) in [5, 5.41) is -2.16. The fourth-order valence-electron chi connectivity index (χ4n) is 2.12. The zero-order valence-corrected chi connectivity index (χ0v) is 13.3. The quantitative estimate of drug-likeness (QED) is 0.539. The Morgan fingerprint density at radius 2 is 1.70 bits per heavy atom. The lowest BCUT2D eigenvalue weighted by Gasteiger charge is -2.04. The monoisotopic (exact) mass is 360 g/mol. The van der Waals surface area contributed by atoms with Crippen LogP contribution in [0.1, 0.15) is 0 Å². The Morgan fingerprint density at radius 3 is 2.26 bits per heavy atom. The molecule has 1 aromatic carbocycles. The molecule has 0 amide bonds. The number of halogens is 2. The number of aromatic amines is 1. The van der Waals surface area contributed by atoms with E-state index in [1.807, 2.05) is 0 Å². The highest BCUT2D eigenvalue weighted by atomic mass is 32.2. The van der Waals surface area contributed by atoms with Gasteiger partial charge in [-0.3, -0.25) is 0 Å². The second-order valence-corrected chi connectivity index (χ2v) is 8.75. The van der Waals surface area contributed by atoms with E-state index >= 15 is 0 Å². The smallest absolute Gasteiger partial charge is 0.250 e. The predicted molar refractivity (Wildman–Crippen MR) is 76.4 cm³/mol. The van der Waals surface area contributed by atoms with E-state index < -0.39 is 46.9 Å². The highest BCUT2D eigenvalue weighted by Crippen LogP contribution is 2.32. The van der Waals surface area contributed by atoms with E-state index in [0.717, 1.165) is 18.6 Å². The summed E-state index contributed by atoms with van der Waals surface area (Å²) >= 11 is 0. The highest BCUT2D eigenvalue weighted by molar-refractivity contribution is 7.91. The maximum Gasteiger partial charge on any atom is 0.250 e. The molecule has 1 N–H and O–H groups in total. The fraction of sp³-hybridized carbons (Fsp3) is 0.167. The molecule has 0 aliphatic carbocycles. The van der Waals surface area contributed by atoms with E-state index in [9.17, 15) is 25.6 Å². The summed E-state index contributed by atoms with van der Waals surface area (Å²) in [4.78, 5) is 9.76. The van der Waals surface area contributed by atoms with Gasteiger partial charge in [0, 0.05) is 18.6 Å². The number of fused-ring (bicyclic) bond motifs is 3. The second-order valence-electron chi connectivity index (χ2n) is 4.90. The molecule has 0 fully saturated rings. The number of hydrogen-bond acceptors (Lipinski definition) is 6. The molecule has 11 heteroatoms. The van der Waals surface area contributed by atoms with Crippen molar-refractivity contribution in [3.63, 3.8) is 0 Å². The van der Waals surface area contributed by atoms with Crippen LogP contribution in [0.25, 0.3) is 21.9 Å². The van der Waals surface area contributed by atoms with Gasteiger partial charge < -0.3 is 4.98 Å². The van der Waals surface area contributed by atoms with E-state index in [2.05, 4.69) is 21.0 Å². The molecule has 23 heavy (non-hydrogen) atoms. The van der Waals surface area contributed by atoms with Crippen molar-refractivity contribution in [3.8, 4) is 0 Å². The van der Waals surface area contributed by atoms with Crippen LogP contribution in [0.15, 0.2) is 16.2 Å². The van der Waals surface area contributed by atoms with Gasteiger partial charge in [0.15, 0.2) is 26.5 Å². The molecule has 3 aromatic rings. The molecule has 3 rings (SSSR count). The van der Waals surface area contributed by atoms with Crippen LogP contribution in [0.3, 0.4) is 0 Å². The fourth-order valence-corrected chi connectivity index (χ4v) is 3.52. The Kier molecular flexibility index (Phi) is 3.20. The standard InChI is InChI=1S/C12H8F2N3O4S2/c1-22(18,19)11-8-7-6(4-3-5(13)9(7)14)15-10(8)16-12(17-11)23(2,20)21/h3H,1-2H3,(H,15,16,17). The molecule has 1 radical (unpaired) electrons. The molecular formula is C12H8F2N3O4S2. The molecule has 0 unspecified atom stereocenters. The van der Waals surface area contributed by atoms with Crippen molar-refractivity contribution in [2.75, 3.05) is 12.5 Å². The van der Waals surface area contributed by atoms with Gasteiger partial charge in [0.25, 0.3) is 0 Å². The average molecular weight is 360 g/mol. The van der Waals surface area contributed by atoms with Gasteiger partial charge in [-0.1, -0.05) is 0 Å². The lowest BCUT2D eigenvalue weighted by atomic mass is 10.2. The third kappa shape index (κ3) is 2.45. The van der Waals surface area contributed by atoms with E-state index in [4.69, 9.17) is 0 Å². The first-order valence-electron chi connectivity index (χ1n) is 5.99. The molecule has 2 aromatic heterocycles. The minimum absolute atomic E-state index is 0.0521. The van der Waals surface area contributed by atoms with Crippen molar-refractivity contribution >= 4 is 41.6 Å². The van der Waals surface area contributed by atoms with E-state index in [-0.39, 0.29) is 16.6 Å². The first-order valence-corrected chi connectivity index (χ1v) is 9.77. The third-order valence-electron chi connectivity index (χ3n) is 3.05. The van der Waals surface area contributed by atoms with Crippen LogP contribution in [-0.4, -0.2) is 44.3 Å². The molecule has 0 saturated heterocycles. The number of rotatable bonds is 2. The van der Waals surface area contributed by atoms with Crippen molar-refractivity contribution in [1.82, 2.24) is 15.0 Å². The topological polar surface area (TPSA) is 110 Å². The van der Waals surface area contributed by atoms with Gasteiger partial charge in [-0.25, -0.2) is 35.6 Å². The zero-order chi connectivity index (χ0) is 17.2. The number of hydrogen-bond donors (Lipinski definition) is 1. The summed E-state index contributed by atoms with van der Waals surface area (Å²) in [7, 11) is -7.96. The molecule has 0 aliphatic heterocycles. The summed E-state index contributed by atoms with van der Waals surface area (Å²) in [6, 6.07) is 3.14. The van der Waals surface area contributed by atoms with Crippen LogP contribution in [-0.2, 0) is 19.7 Å². The molecule has 7 nitrogen and oxygen atoms in total. The average Bonchev–Trinajstić information content (AvgIpc) is 2.78. The van der Waals surface area contributed by atoms with Gasteiger partial charge in [-0.05, 0) is 6.07 Å². The predicted octanol–water partition coefficient (Wildman–Crippen LogP) is 0.996. The number of H-pyrrole nitrogens is 1. The lowest BCUT2D eigenvalue weighted by Crippen LogP contribution is -2.10. The summed E-state index contributed by atoms with van der Waals surface area (Å²) < 4.78 is 74.6. The van der Waals surface area contributed by atoms with Crippen LogP contribution in [0.4, 0.5) is 8.78 Å². The number of benzene rings is 1. The summed E-state index contributed by atoms with van der Waals surface area (Å²) in [5.74, 6) is -2.53. The normalized spacial score (nSPS) is 13.0. The van der Waals surface area contributed by atoms with Gasteiger partial charge in [0.2, 0.25) is 15.0 Å². The molecular weight excluding hydrogens is 352 g/mol. The highest BCUT2D eigenvalue weighted by Gasteiger charge is 2.26. The first kappa shape index (κ1) is 15.7. The van der Waals surface area contributed by atoms with Crippen molar-refractivity contribution < 1.29 is 25.6 Å². The second kappa shape index (κ2) is 4.68. The van der Waals surface area contributed by atoms with Crippen LogP contribution in [0.5, 0.6) is 0 Å². The SMILES string of the molecule is CS(=O)(=O)c1nc(S(C)(=O)=O)c2c(n1)[nH]c1[c]cc(F)c(F)c12. The molecule has 121 valence electrons. The van der Waals surface area contributed by atoms with E-state index in [0.29, 0.717) is 0 Å². The maximum absolute atomic E-state index is 14.1. The van der Waals surface area contributed by atoms with Crippen LogP contribution in [0.2, 0.25) is 0 Å². The number of nitrogens with one attached hydrogen (secondary N) is 1. The van der Waals surface area contributed by atoms with Gasteiger partial charge in [0.1, 0.15) is 5.65 Å². The lowest BCUT2D eigenvalue weighted by molar-refractivity contribution is 0.517. The Balaban J connectivity index is 2.66. The van der Waals surface area contributed by atoms with Crippen LogP contribution >= 0.6 is 0 Å². The van der Waals surface area contributed by atoms with Crippen molar-refractivity contribution in [2.45, 2.75) is 10.2 Å². The summed E-state index contributed by atoms with van der Waals surface area (Å²) in [6.45, 7) is 0. The molecule has 0 bridgehead atoms. The largest absolute Gasteiger partial charge is 0.338 e. The van der Waals surface area contributed by atoms with Crippen molar-refractivity contribution in [1.29, 1.82) is 0 Å². The molecule has 0 spiro atoms. The first-order chi connectivity index (χ1) is 10.5. The number of aromatic nitrogens is 3. The van der Waals surface area contributed by atoms with Crippen LogP contribution < -0.4 is 0 Å². The van der Waals surface area contributed by atoms with Gasteiger partial charge in [0.05, 0.1) is 16.3 Å². The van der Waals surface area contributed by atoms with Gasteiger partial charge in [-0.2, -0.15) is 0 Å². The Bertz CT molecular complexity index is 1180. The number of nitrogens with zero attached hydrogens (tertiary/aromatic N) is 2. The molecule has 0 aliphatic rings. The minimum Gasteiger partial charge on any atom is -0.338 e.